The first kappa shape index (κ1) is 21.0. The third-order valence-corrected chi connectivity index (χ3v) is 7.25. The molecule has 2 atom stereocenters. The van der Waals surface area contributed by atoms with Gasteiger partial charge in [-0.2, -0.15) is 0 Å². The number of hydrogen-bond acceptors (Lipinski definition) is 0. The van der Waals surface area contributed by atoms with E-state index in [2.05, 4.69) is 83.1 Å². The van der Waals surface area contributed by atoms with Crippen molar-refractivity contribution in [1.29, 1.82) is 0 Å². The fourth-order valence-corrected chi connectivity index (χ4v) is 6.74. The van der Waals surface area contributed by atoms with Gasteiger partial charge in [0.25, 0.3) is 0 Å². The molecule has 0 aromatic carbocycles. The Morgan fingerprint density at radius 2 is 1.35 bits per heavy atom. The lowest BCUT2D eigenvalue weighted by Gasteiger charge is -2.65. The Labute approximate surface area is 148 Å². The first-order valence-corrected chi connectivity index (χ1v) is 9.98. The van der Waals surface area contributed by atoms with E-state index in [0.29, 0.717) is 27.1 Å². The van der Waals surface area contributed by atoms with Crippen LogP contribution in [0.15, 0.2) is 0 Å². The van der Waals surface area contributed by atoms with E-state index in [-0.39, 0.29) is 0 Å². The summed E-state index contributed by atoms with van der Waals surface area (Å²) in [6, 6.07) is 0. The van der Waals surface area contributed by atoms with E-state index in [1.807, 2.05) is 0 Å². The summed E-state index contributed by atoms with van der Waals surface area (Å²) in [6.45, 7) is 30.0. The summed E-state index contributed by atoms with van der Waals surface area (Å²) in [5.74, 6) is 1.60. The van der Waals surface area contributed by atoms with Crippen molar-refractivity contribution in [3.05, 3.63) is 0 Å². The summed E-state index contributed by atoms with van der Waals surface area (Å²) in [6.07, 6.45) is 5.34. The molecular weight excluding hydrogens is 276 g/mol. The predicted molar refractivity (Wildman–Crippen MR) is 106 cm³/mol. The summed E-state index contributed by atoms with van der Waals surface area (Å²) < 4.78 is 0. The van der Waals surface area contributed by atoms with Crippen molar-refractivity contribution in [2.24, 2.45) is 38.9 Å². The van der Waals surface area contributed by atoms with Gasteiger partial charge >= 0.3 is 0 Å². The van der Waals surface area contributed by atoms with E-state index in [0.717, 1.165) is 11.8 Å². The van der Waals surface area contributed by atoms with Crippen LogP contribution >= 0.6 is 0 Å². The molecule has 0 N–H and O–H groups in total. The Balaban J connectivity index is 3.44. The van der Waals surface area contributed by atoms with Crippen molar-refractivity contribution in [3.8, 4) is 0 Å². The maximum absolute atomic E-state index is 2.57. The van der Waals surface area contributed by atoms with E-state index < -0.39 is 0 Å². The maximum Gasteiger partial charge on any atom is -0.0266 e. The Hall–Kier alpha value is 0. The predicted octanol–water partition coefficient (Wildman–Crippen LogP) is 7.96. The van der Waals surface area contributed by atoms with E-state index in [4.69, 9.17) is 0 Å². The molecule has 1 aliphatic carbocycles. The normalized spacial score (nSPS) is 30.3. The summed E-state index contributed by atoms with van der Waals surface area (Å²) in [5, 5.41) is 0. The Bertz CT molecular complexity index is 400. The Morgan fingerprint density at radius 3 is 1.74 bits per heavy atom. The molecule has 0 heteroatoms. The minimum Gasteiger partial charge on any atom is -0.0654 e. The summed E-state index contributed by atoms with van der Waals surface area (Å²) in [4.78, 5) is 0. The molecule has 0 radical (unpaired) electrons. The topological polar surface area (TPSA) is 0 Å². The average molecular weight is 323 g/mol. The van der Waals surface area contributed by atoms with E-state index in [1.54, 1.807) is 0 Å². The van der Waals surface area contributed by atoms with Gasteiger partial charge in [0.1, 0.15) is 0 Å². The Morgan fingerprint density at radius 1 is 0.870 bits per heavy atom. The fraction of sp³-hybridized carbons (Fsp3) is 1.00. The maximum atomic E-state index is 2.57. The molecule has 0 aromatic rings. The summed E-state index contributed by atoms with van der Waals surface area (Å²) in [7, 11) is 0. The van der Waals surface area contributed by atoms with Crippen LogP contribution in [0.25, 0.3) is 0 Å². The van der Waals surface area contributed by atoms with Crippen LogP contribution in [0.1, 0.15) is 109 Å². The van der Waals surface area contributed by atoms with E-state index >= 15 is 0 Å². The minimum absolute atomic E-state index is 0.372. The highest BCUT2D eigenvalue weighted by atomic mass is 14.6. The third kappa shape index (κ3) is 4.16. The second-order valence-electron chi connectivity index (χ2n) is 12.4. The molecule has 0 bridgehead atoms. The standard InChI is InChI=1S/C23H46/c1-13-14-17-18(21(7,8)15-19(2,3)4)23(11,12)22(9,10)16-20(17,5)6/h17-18H,13-16H2,1-12H3. The zero-order chi connectivity index (χ0) is 18.5. The second kappa shape index (κ2) is 6.06. The zero-order valence-electron chi connectivity index (χ0n) is 18.5. The van der Waals surface area contributed by atoms with Crippen LogP contribution in [0, 0.1) is 38.9 Å². The monoisotopic (exact) mass is 322 g/mol. The lowest BCUT2D eigenvalue weighted by Crippen LogP contribution is -2.58. The Kier molecular flexibility index (Phi) is 5.55. The van der Waals surface area contributed by atoms with Crippen LogP contribution in [0.5, 0.6) is 0 Å². The molecule has 1 saturated carbocycles. The minimum atomic E-state index is 0.372. The molecule has 0 aliphatic heterocycles. The van der Waals surface area contributed by atoms with Crippen molar-refractivity contribution < 1.29 is 0 Å². The molecule has 0 aromatic heterocycles. The second-order valence-corrected chi connectivity index (χ2v) is 12.4. The quantitative estimate of drug-likeness (QED) is 0.492. The van der Waals surface area contributed by atoms with Crippen molar-refractivity contribution >= 4 is 0 Å². The first-order chi connectivity index (χ1) is 9.98. The summed E-state index contributed by atoms with van der Waals surface area (Å²) in [5.41, 5.74) is 1.96. The van der Waals surface area contributed by atoms with Gasteiger partial charge in [-0.15, -0.1) is 0 Å². The van der Waals surface area contributed by atoms with Crippen LogP contribution in [-0.2, 0) is 0 Å². The lowest BCUT2D eigenvalue weighted by atomic mass is 9.40. The van der Waals surface area contributed by atoms with Gasteiger partial charge in [-0.1, -0.05) is 89.5 Å². The van der Waals surface area contributed by atoms with Gasteiger partial charge in [0.15, 0.2) is 0 Å². The van der Waals surface area contributed by atoms with Crippen molar-refractivity contribution in [3.63, 3.8) is 0 Å². The molecule has 0 amide bonds. The van der Waals surface area contributed by atoms with Gasteiger partial charge in [0.2, 0.25) is 0 Å². The third-order valence-electron chi connectivity index (χ3n) is 7.25. The largest absolute Gasteiger partial charge is 0.0654 e. The van der Waals surface area contributed by atoms with Gasteiger partial charge in [-0.05, 0) is 58.2 Å². The van der Waals surface area contributed by atoms with Crippen LogP contribution in [0.3, 0.4) is 0 Å². The van der Waals surface area contributed by atoms with Crippen molar-refractivity contribution in [1.82, 2.24) is 0 Å². The van der Waals surface area contributed by atoms with Gasteiger partial charge in [-0.3, -0.25) is 0 Å². The number of rotatable bonds is 4. The number of hydrogen-bond donors (Lipinski definition) is 0. The highest BCUT2D eigenvalue weighted by Crippen LogP contribution is 2.67. The van der Waals surface area contributed by atoms with Crippen LogP contribution in [0.2, 0.25) is 0 Å². The SMILES string of the molecule is CCCC1C(C(C)(C)CC(C)(C)C)C(C)(C)C(C)(C)CC1(C)C. The molecule has 0 nitrogen and oxygen atoms in total. The molecule has 138 valence electrons. The van der Waals surface area contributed by atoms with Crippen molar-refractivity contribution in [2.45, 2.75) is 109 Å². The molecule has 1 aliphatic rings. The van der Waals surface area contributed by atoms with Crippen LogP contribution in [0.4, 0.5) is 0 Å². The first-order valence-electron chi connectivity index (χ1n) is 9.98. The van der Waals surface area contributed by atoms with Gasteiger partial charge in [-0.25, -0.2) is 0 Å². The molecule has 0 spiro atoms. The van der Waals surface area contributed by atoms with E-state index in [1.165, 1.54) is 25.7 Å². The molecule has 0 heterocycles. The van der Waals surface area contributed by atoms with Crippen LogP contribution in [-0.4, -0.2) is 0 Å². The molecule has 0 saturated heterocycles. The van der Waals surface area contributed by atoms with Gasteiger partial charge in [0.05, 0.1) is 0 Å². The molecule has 23 heavy (non-hydrogen) atoms. The molecule has 1 fully saturated rings. The fourth-order valence-electron chi connectivity index (χ4n) is 6.74. The highest BCUT2D eigenvalue weighted by Gasteiger charge is 2.59. The molecule has 1 rings (SSSR count). The van der Waals surface area contributed by atoms with E-state index in [9.17, 15) is 0 Å². The summed E-state index contributed by atoms with van der Waals surface area (Å²) >= 11 is 0. The molecule has 2 unspecified atom stereocenters. The lowest BCUT2D eigenvalue weighted by molar-refractivity contribution is -0.165. The smallest absolute Gasteiger partial charge is 0.0266 e. The average Bonchev–Trinajstić information content (AvgIpc) is 2.20. The van der Waals surface area contributed by atoms with Crippen molar-refractivity contribution in [2.75, 3.05) is 0 Å². The molecular formula is C23H46. The zero-order valence-corrected chi connectivity index (χ0v) is 18.5. The van der Waals surface area contributed by atoms with Crippen LogP contribution < -0.4 is 0 Å². The van der Waals surface area contributed by atoms with Gasteiger partial charge in [0, 0.05) is 0 Å². The highest BCUT2D eigenvalue weighted by molar-refractivity contribution is 5.08. The van der Waals surface area contributed by atoms with Gasteiger partial charge < -0.3 is 0 Å².